The van der Waals surface area contributed by atoms with E-state index in [-0.39, 0.29) is 0 Å². The summed E-state index contributed by atoms with van der Waals surface area (Å²) in [7, 11) is 0. The van der Waals surface area contributed by atoms with Gasteiger partial charge in [-0.05, 0) is 36.4 Å². The molecule has 3 aromatic heterocycles. The fourth-order valence-corrected chi connectivity index (χ4v) is 2.85. The van der Waals surface area contributed by atoms with Crippen LogP contribution in [0.3, 0.4) is 0 Å². The zero-order chi connectivity index (χ0) is 11.9. The summed E-state index contributed by atoms with van der Waals surface area (Å²) in [6, 6.07) is 8.76. The number of hydrogen-bond donors (Lipinski definition) is 0. The smallest absolute Gasteiger partial charge is 0.176 e. The van der Waals surface area contributed by atoms with Crippen molar-refractivity contribution in [3.63, 3.8) is 0 Å². The molecule has 0 atom stereocenters. The summed E-state index contributed by atoms with van der Waals surface area (Å²) in [5.41, 5.74) is 0. The van der Waals surface area contributed by atoms with E-state index in [4.69, 9.17) is 4.42 Å². The van der Waals surface area contributed by atoms with Crippen molar-refractivity contribution < 1.29 is 4.42 Å². The van der Waals surface area contributed by atoms with Crippen LogP contribution in [-0.4, -0.2) is 9.55 Å². The van der Waals surface area contributed by atoms with Crippen molar-refractivity contribution in [2.45, 2.75) is 18.9 Å². The predicted octanol–water partition coefficient (Wildman–Crippen LogP) is 4.21. The summed E-state index contributed by atoms with van der Waals surface area (Å²) in [5, 5.41) is 2.06. The second kappa shape index (κ2) is 3.85. The Kier molecular flexibility index (Phi) is 2.17. The molecule has 0 N–H and O–H groups in total. The third-order valence-corrected chi connectivity index (χ3v) is 4.08. The Morgan fingerprint density at radius 2 is 2.11 bits per heavy atom. The average Bonchev–Trinajstić information content (AvgIpc) is 2.91. The fraction of sp³-hybridized carbons (Fsp3) is 0.214. The first-order chi connectivity index (χ1) is 8.92. The second-order valence-electron chi connectivity index (χ2n) is 4.53. The molecule has 3 aromatic rings. The Morgan fingerprint density at radius 1 is 1.22 bits per heavy atom. The predicted molar refractivity (Wildman–Crippen MR) is 71.5 cm³/mol. The fourth-order valence-electron chi connectivity index (χ4n) is 2.16. The maximum atomic E-state index is 5.92. The van der Waals surface area contributed by atoms with Crippen LogP contribution in [0.1, 0.15) is 18.9 Å². The van der Waals surface area contributed by atoms with Crippen LogP contribution in [0.15, 0.2) is 46.5 Å². The van der Waals surface area contributed by atoms with E-state index in [0.717, 1.165) is 22.2 Å². The SMILES string of the molecule is c1csc(-c2ccc(-c3nccn3C3CC3)o2)c1. The third-order valence-electron chi connectivity index (χ3n) is 3.20. The molecule has 0 unspecified atom stereocenters. The van der Waals surface area contributed by atoms with Gasteiger partial charge in [-0.3, -0.25) is 0 Å². The van der Waals surface area contributed by atoms with Crippen LogP contribution in [0.25, 0.3) is 22.2 Å². The molecule has 0 radical (unpaired) electrons. The maximum absolute atomic E-state index is 5.92. The number of aromatic nitrogens is 2. The van der Waals surface area contributed by atoms with Gasteiger partial charge < -0.3 is 8.98 Å². The number of furan rings is 1. The van der Waals surface area contributed by atoms with Crippen molar-refractivity contribution in [1.82, 2.24) is 9.55 Å². The normalized spacial score (nSPS) is 15.1. The van der Waals surface area contributed by atoms with Crippen molar-refractivity contribution in [2.24, 2.45) is 0 Å². The van der Waals surface area contributed by atoms with Gasteiger partial charge in [0, 0.05) is 18.4 Å². The minimum absolute atomic E-state index is 0.623. The first-order valence-corrected chi connectivity index (χ1v) is 6.97. The molecule has 4 heteroatoms. The Morgan fingerprint density at radius 3 is 2.89 bits per heavy atom. The molecular formula is C14H12N2OS. The van der Waals surface area contributed by atoms with Crippen molar-refractivity contribution in [3.8, 4) is 22.2 Å². The van der Waals surface area contributed by atoms with E-state index >= 15 is 0 Å². The topological polar surface area (TPSA) is 31.0 Å². The molecule has 1 aliphatic carbocycles. The zero-order valence-corrected chi connectivity index (χ0v) is 10.6. The molecule has 1 aliphatic rings. The lowest BCUT2D eigenvalue weighted by molar-refractivity contribution is 0.584. The van der Waals surface area contributed by atoms with E-state index in [1.54, 1.807) is 11.3 Å². The van der Waals surface area contributed by atoms with Crippen LogP contribution in [0.4, 0.5) is 0 Å². The lowest BCUT2D eigenvalue weighted by Crippen LogP contribution is -1.94. The van der Waals surface area contributed by atoms with Crippen LogP contribution in [0.5, 0.6) is 0 Å². The molecule has 0 aromatic carbocycles. The highest BCUT2D eigenvalue weighted by Gasteiger charge is 2.26. The molecule has 3 heterocycles. The Bertz CT molecular complexity index is 662. The lowest BCUT2D eigenvalue weighted by atomic mass is 10.3. The molecule has 0 spiro atoms. The number of nitrogens with zero attached hydrogens (tertiary/aromatic N) is 2. The Labute approximate surface area is 109 Å². The van der Waals surface area contributed by atoms with E-state index in [2.05, 4.69) is 21.0 Å². The van der Waals surface area contributed by atoms with Crippen molar-refractivity contribution >= 4 is 11.3 Å². The van der Waals surface area contributed by atoms with Gasteiger partial charge in [0.1, 0.15) is 5.76 Å². The molecule has 0 amide bonds. The van der Waals surface area contributed by atoms with Gasteiger partial charge in [0.2, 0.25) is 0 Å². The zero-order valence-electron chi connectivity index (χ0n) is 9.74. The van der Waals surface area contributed by atoms with Crippen LogP contribution < -0.4 is 0 Å². The van der Waals surface area contributed by atoms with Crippen LogP contribution in [0, 0.1) is 0 Å². The second-order valence-corrected chi connectivity index (χ2v) is 5.48. The molecular weight excluding hydrogens is 244 g/mol. The van der Waals surface area contributed by atoms with E-state index < -0.39 is 0 Å². The van der Waals surface area contributed by atoms with Crippen molar-refractivity contribution in [2.75, 3.05) is 0 Å². The quantitative estimate of drug-likeness (QED) is 0.703. The third kappa shape index (κ3) is 1.61. The molecule has 1 fully saturated rings. The van der Waals surface area contributed by atoms with E-state index in [0.29, 0.717) is 6.04 Å². The molecule has 4 rings (SSSR count). The van der Waals surface area contributed by atoms with Gasteiger partial charge in [-0.15, -0.1) is 11.3 Å². The first-order valence-electron chi connectivity index (χ1n) is 6.09. The number of imidazole rings is 1. The monoisotopic (exact) mass is 256 g/mol. The molecule has 0 bridgehead atoms. The van der Waals surface area contributed by atoms with E-state index in [1.165, 1.54) is 12.8 Å². The molecule has 3 nitrogen and oxygen atoms in total. The first kappa shape index (κ1) is 10.1. The Hall–Kier alpha value is -1.81. The standard InChI is InChI=1S/C14H12N2OS/c1-2-13(18-9-1)11-5-6-12(17-11)14-15-7-8-16(14)10-3-4-10/h1-2,5-10H,3-4H2. The van der Waals surface area contributed by atoms with E-state index in [1.807, 2.05) is 30.6 Å². The van der Waals surface area contributed by atoms with Gasteiger partial charge in [-0.2, -0.15) is 0 Å². The van der Waals surface area contributed by atoms with Gasteiger partial charge in [-0.1, -0.05) is 6.07 Å². The van der Waals surface area contributed by atoms with Crippen LogP contribution >= 0.6 is 11.3 Å². The Balaban J connectivity index is 1.74. The molecule has 18 heavy (non-hydrogen) atoms. The molecule has 90 valence electrons. The van der Waals surface area contributed by atoms with Crippen LogP contribution in [-0.2, 0) is 0 Å². The highest BCUT2D eigenvalue weighted by Crippen LogP contribution is 2.39. The molecule has 1 saturated carbocycles. The maximum Gasteiger partial charge on any atom is 0.176 e. The minimum atomic E-state index is 0.623. The van der Waals surface area contributed by atoms with Crippen LogP contribution in [0.2, 0.25) is 0 Å². The molecule has 0 saturated heterocycles. The van der Waals surface area contributed by atoms with Crippen molar-refractivity contribution in [1.29, 1.82) is 0 Å². The largest absolute Gasteiger partial charge is 0.452 e. The summed E-state index contributed by atoms with van der Waals surface area (Å²) < 4.78 is 8.14. The average molecular weight is 256 g/mol. The minimum Gasteiger partial charge on any atom is -0.452 e. The number of thiophene rings is 1. The highest BCUT2D eigenvalue weighted by atomic mass is 32.1. The summed E-state index contributed by atoms with van der Waals surface area (Å²) >= 11 is 1.69. The van der Waals surface area contributed by atoms with Gasteiger partial charge in [0.25, 0.3) is 0 Å². The van der Waals surface area contributed by atoms with Gasteiger partial charge in [0.15, 0.2) is 11.6 Å². The number of rotatable bonds is 3. The highest BCUT2D eigenvalue weighted by molar-refractivity contribution is 7.13. The lowest BCUT2D eigenvalue weighted by Gasteiger charge is -2.02. The number of hydrogen-bond acceptors (Lipinski definition) is 3. The summed E-state index contributed by atoms with van der Waals surface area (Å²) in [4.78, 5) is 5.57. The summed E-state index contributed by atoms with van der Waals surface area (Å²) in [6.07, 6.45) is 6.39. The van der Waals surface area contributed by atoms with Gasteiger partial charge in [-0.25, -0.2) is 4.98 Å². The molecule has 0 aliphatic heterocycles. The summed E-state index contributed by atoms with van der Waals surface area (Å²) in [5.74, 6) is 2.72. The van der Waals surface area contributed by atoms with Crippen molar-refractivity contribution in [3.05, 3.63) is 42.0 Å². The van der Waals surface area contributed by atoms with Gasteiger partial charge in [0.05, 0.1) is 4.88 Å². The van der Waals surface area contributed by atoms with E-state index in [9.17, 15) is 0 Å². The van der Waals surface area contributed by atoms with Gasteiger partial charge >= 0.3 is 0 Å². The summed E-state index contributed by atoms with van der Waals surface area (Å²) in [6.45, 7) is 0.